The zero-order valence-electron chi connectivity index (χ0n) is 15.0. The van der Waals surface area contributed by atoms with Crippen molar-refractivity contribution in [2.75, 3.05) is 0 Å². The minimum Gasteiger partial charge on any atom is -0.481 e. The summed E-state index contributed by atoms with van der Waals surface area (Å²) in [7, 11) is 0. The highest BCUT2D eigenvalue weighted by Crippen LogP contribution is 2.17. The highest BCUT2D eigenvalue weighted by atomic mass is 16.5. The summed E-state index contributed by atoms with van der Waals surface area (Å²) >= 11 is 0. The fraction of sp³-hybridized carbons (Fsp3) is 0.381. The molecule has 2 rings (SSSR count). The second kappa shape index (κ2) is 8.53. The first-order valence-corrected chi connectivity index (χ1v) is 8.53. The highest BCUT2D eigenvalue weighted by molar-refractivity contribution is 5.81. The molecule has 0 aliphatic carbocycles. The highest BCUT2D eigenvalue weighted by Gasteiger charge is 2.17. The van der Waals surface area contributed by atoms with Crippen LogP contribution in [0, 0.1) is 13.8 Å². The molecule has 2 atom stereocenters. The van der Waals surface area contributed by atoms with Crippen LogP contribution in [0.3, 0.4) is 0 Å². The molecule has 0 aliphatic heterocycles. The molecule has 0 bridgehead atoms. The first kappa shape index (κ1) is 18.1. The predicted molar refractivity (Wildman–Crippen MR) is 98.4 cm³/mol. The van der Waals surface area contributed by atoms with Gasteiger partial charge in [-0.3, -0.25) is 4.79 Å². The van der Waals surface area contributed by atoms with Crippen molar-refractivity contribution in [3.05, 3.63) is 65.2 Å². The number of hydrogen-bond acceptors (Lipinski definition) is 2. The number of carbonyl (C=O) groups is 1. The predicted octanol–water partition coefficient (Wildman–Crippen LogP) is 4.21. The average Bonchev–Trinajstić information content (AvgIpc) is 2.53. The van der Waals surface area contributed by atoms with Crippen molar-refractivity contribution in [3.63, 3.8) is 0 Å². The number of aryl methyl sites for hydroxylation is 3. The van der Waals surface area contributed by atoms with Gasteiger partial charge in [0.05, 0.1) is 0 Å². The lowest BCUT2D eigenvalue weighted by Crippen LogP contribution is -2.41. The van der Waals surface area contributed by atoms with E-state index < -0.39 is 6.10 Å². The molecule has 0 aromatic heterocycles. The van der Waals surface area contributed by atoms with Gasteiger partial charge in [-0.25, -0.2) is 0 Å². The standard InChI is InChI=1S/C21H27NO2/c1-15-12-16(2)14-20(13-15)24-18(4)21(23)22-17(3)10-11-19-8-6-5-7-9-19/h5-9,12-14,17-18H,10-11H2,1-4H3,(H,22,23)/t17-,18+/m0/s1. The molecule has 128 valence electrons. The van der Waals surface area contributed by atoms with Crippen molar-refractivity contribution in [3.8, 4) is 5.75 Å². The smallest absolute Gasteiger partial charge is 0.260 e. The molecule has 1 amide bonds. The summed E-state index contributed by atoms with van der Waals surface area (Å²) in [6.07, 6.45) is 1.35. The van der Waals surface area contributed by atoms with Crippen molar-refractivity contribution in [2.24, 2.45) is 0 Å². The van der Waals surface area contributed by atoms with E-state index >= 15 is 0 Å². The Bertz CT molecular complexity index is 647. The molecule has 0 saturated heterocycles. The largest absolute Gasteiger partial charge is 0.481 e. The Morgan fingerprint density at radius 2 is 1.67 bits per heavy atom. The summed E-state index contributed by atoms with van der Waals surface area (Å²) in [5.74, 6) is 0.668. The molecule has 0 heterocycles. The SMILES string of the molecule is Cc1cc(C)cc(O[C@H](C)C(=O)N[C@@H](C)CCc2ccccc2)c1. The van der Waals surface area contributed by atoms with Crippen molar-refractivity contribution in [1.29, 1.82) is 0 Å². The third kappa shape index (κ3) is 5.73. The zero-order chi connectivity index (χ0) is 17.5. The van der Waals surface area contributed by atoms with Crippen LogP contribution in [0.25, 0.3) is 0 Å². The zero-order valence-corrected chi connectivity index (χ0v) is 15.0. The van der Waals surface area contributed by atoms with Gasteiger partial charge in [-0.2, -0.15) is 0 Å². The van der Waals surface area contributed by atoms with E-state index in [1.54, 1.807) is 6.92 Å². The summed E-state index contributed by atoms with van der Waals surface area (Å²) in [5.41, 5.74) is 3.56. The molecule has 3 heteroatoms. The molecule has 0 spiro atoms. The summed E-state index contributed by atoms with van der Waals surface area (Å²) in [5, 5.41) is 3.04. The lowest BCUT2D eigenvalue weighted by Gasteiger charge is -2.19. The van der Waals surface area contributed by atoms with E-state index in [1.807, 2.05) is 51.1 Å². The minimum atomic E-state index is -0.509. The van der Waals surface area contributed by atoms with Gasteiger partial charge in [0.15, 0.2) is 6.10 Å². The van der Waals surface area contributed by atoms with Gasteiger partial charge in [0, 0.05) is 6.04 Å². The molecule has 0 saturated carbocycles. The molecule has 3 nitrogen and oxygen atoms in total. The maximum Gasteiger partial charge on any atom is 0.260 e. The number of benzene rings is 2. The van der Waals surface area contributed by atoms with Crippen LogP contribution in [0.2, 0.25) is 0 Å². The van der Waals surface area contributed by atoms with Crippen LogP contribution < -0.4 is 10.1 Å². The lowest BCUT2D eigenvalue weighted by atomic mass is 10.1. The number of amides is 1. The van der Waals surface area contributed by atoms with Crippen molar-refractivity contribution in [1.82, 2.24) is 5.32 Å². The number of rotatable bonds is 7. The summed E-state index contributed by atoms with van der Waals surface area (Å²) in [6.45, 7) is 7.87. The fourth-order valence-corrected chi connectivity index (χ4v) is 2.72. The quantitative estimate of drug-likeness (QED) is 0.828. The van der Waals surface area contributed by atoms with Crippen molar-refractivity contribution >= 4 is 5.91 Å². The summed E-state index contributed by atoms with van der Waals surface area (Å²) in [6, 6.07) is 16.4. The molecule has 0 radical (unpaired) electrons. The average molecular weight is 325 g/mol. The number of carbonyl (C=O) groups excluding carboxylic acids is 1. The summed E-state index contributed by atoms with van der Waals surface area (Å²) in [4.78, 5) is 12.3. The fourth-order valence-electron chi connectivity index (χ4n) is 2.72. The van der Waals surface area contributed by atoms with Gasteiger partial charge < -0.3 is 10.1 Å². The topological polar surface area (TPSA) is 38.3 Å². The van der Waals surface area contributed by atoms with Gasteiger partial charge in [-0.1, -0.05) is 36.4 Å². The Labute approximate surface area is 145 Å². The number of nitrogens with one attached hydrogen (secondary N) is 1. The molecular weight excluding hydrogens is 298 g/mol. The molecule has 2 aromatic rings. The van der Waals surface area contributed by atoms with Crippen molar-refractivity contribution in [2.45, 2.75) is 52.7 Å². The molecular formula is C21H27NO2. The van der Waals surface area contributed by atoms with Crippen LogP contribution in [-0.2, 0) is 11.2 Å². The van der Waals surface area contributed by atoms with Gasteiger partial charge in [0.25, 0.3) is 5.91 Å². The van der Waals surface area contributed by atoms with E-state index in [0.717, 1.165) is 29.7 Å². The maximum atomic E-state index is 12.3. The van der Waals surface area contributed by atoms with E-state index in [4.69, 9.17) is 4.74 Å². The van der Waals surface area contributed by atoms with Gasteiger partial charge in [0.2, 0.25) is 0 Å². The monoisotopic (exact) mass is 325 g/mol. The molecule has 1 N–H and O–H groups in total. The first-order valence-electron chi connectivity index (χ1n) is 8.53. The van der Waals surface area contributed by atoms with Crippen LogP contribution in [-0.4, -0.2) is 18.1 Å². The Morgan fingerprint density at radius 1 is 1.04 bits per heavy atom. The number of hydrogen-bond donors (Lipinski definition) is 1. The normalized spacial score (nSPS) is 13.2. The number of ether oxygens (including phenoxy) is 1. The van der Waals surface area contributed by atoms with E-state index in [-0.39, 0.29) is 11.9 Å². The minimum absolute atomic E-state index is 0.0743. The van der Waals surface area contributed by atoms with E-state index in [0.29, 0.717) is 0 Å². The van der Waals surface area contributed by atoms with Crippen molar-refractivity contribution < 1.29 is 9.53 Å². The van der Waals surface area contributed by atoms with E-state index in [9.17, 15) is 4.79 Å². The molecule has 24 heavy (non-hydrogen) atoms. The van der Waals surface area contributed by atoms with E-state index in [2.05, 4.69) is 23.5 Å². The van der Waals surface area contributed by atoms with Gasteiger partial charge in [0.1, 0.15) is 5.75 Å². The molecule has 0 aliphatic rings. The first-order chi connectivity index (χ1) is 11.4. The maximum absolute atomic E-state index is 12.3. The molecule has 0 fully saturated rings. The van der Waals surface area contributed by atoms with Crippen LogP contribution in [0.5, 0.6) is 5.75 Å². The van der Waals surface area contributed by atoms with Gasteiger partial charge in [-0.05, 0) is 69.4 Å². The summed E-state index contributed by atoms with van der Waals surface area (Å²) < 4.78 is 5.79. The Morgan fingerprint density at radius 3 is 2.29 bits per heavy atom. The van der Waals surface area contributed by atoms with Crippen LogP contribution in [0.1, 0.15) is 37.0 Å². The van der Waals surface area contributed by atoms with E-state index in [1.165, 1.54) is 5.56 Å². The molecule has 2 aromatic carbocycles. The third-order valence-electron chi connectivity index (χ3n) is 3.97. The second-order valence-corrected chi connectivity index (χ2v) is 6.52. The van der Waals surface area contributed by atoms with Crippen LogP contribution >= 0.6 is 0 Å². The Balaban J connectivity index is 1.82. The lowest BCUT2D eigenvalue weighted by molar-refractivity contribution is -0.127. The van der Waals surface area contributed by atoms with Gasteiger partial charge in [-0.15, -0.1) is 0 Å². The van der Waals surface area contributed by atoms with Gasteiger partial charge >= 0.3 is 0 Å². The molecule has 0 unspecified atom stereocenters. The second-order valence-electron chi connectivity index (χ2n) is 6.52. The Kier molecular flexibility index (Phi) is 6.42. The van der Waals surface area contributed by atoms with Crippen LogP contribution in [0.4, 0.5) is 0 Å². The third-order valence-corrected chi connectivity index (χ3v) is 3.97. The Hall–Kier alpha value is -2.29. The van der Waals surface area contributed by atoms with Crippen LogP contribution in [0.15, 0.2) is 48.5 Å².